The van der Waals surface area contributed by atoms with Gasteiger partial charge in [0.15, 0.2) is 5.82 Å². The molecule has 29 heavy (non-hydrogen) atoms. The Morgan fingerprint density at radius 3 is 2.62 bits per heavy atom. The van der Waals surface area contributed by atoms with Crippen LogP contribution in [0.5, 0.6) is 5.75 Å². The summed E-state index contributed by atoms with van der Waals surface area (Å²) in [5.74, 6) is 1.53. The van der Waals surface area contributed by atoms with Gasteiger partial charge >= 0.3 is 0 Å². The van der Waals surface area contributed by atoms with E-state index in [0.717, 1.165) is 28.2 Å². The van der Waals surface area contributed by atoms with Gasteiger partial charge in [-0.1, -0.05) is 0 Å². The third-order valence-electron chi connectivity index (χ3n) is 4.63. The van der Waals surface area contributed by atoms with Crippen LogP contribution in [0.15, 0.2) is 48.9 Å². The molecule has 0 radical (unpaired) electrons. The quantitative estimate of drug-likeness (QED) is 0.552. The summed E-state index contributed by atoms with van der Waals surface area (Å²) in [6, 6.07) is 10.4. The zero-order chi connectivity index (χ0) is 20.5. The van der Waals surface area contributed by atoms with Crippen molar-refractivity contribution in [3.8, 4) is 22.8 Å². The standard InChI is InChI=1S/C21H21FN6O/c1-13-9-16(22)6-7-17(13)24-21-25-20(26-27(21)3)15-5-8-18(19(10-15)29-4)28-11-14(2)23-12-28/h5-12H,1-4H3,(H,24,25,26). The van der Waals surface area contributed by atoms with Crippen LogP contribution in [-0.2, 0) is 7.05 Å². The lowest BCUT2D eigenvalue weighted by Gasteiger charge is -2.10. The fourth-order valence-corrected chi connectivity index (χ4v) is 3.09. The van der Waals surface area contributed by atoms with Gasteiger partial charge in [-0.15, -0.1) is 5.10 Å². The van der Waals surface area contributed by atoms with Gasteiger partial charge in [-0.3, -0.25) is 0 Å². The highest BCUT2D eigenvalue weighted by atomic mass is 19.1. The molecule has 1 N–H and O–H groups in total. The van der Waals surface area contributed by atoms with E-state index >= 15 is 0 Å². The molecule has 0 aliphatic rings. The molecule has 0 bridgehead atoms. The summed E-state index contributed by atoms with van der Waals surface area (Å²) in [4.78, 5) is 8.86. The zero-order valence-corrected chi connectivity index (χ0v) is 16.6. The smallest absolute Gasteiger partial charge is 0.225 e. The van der Waals surface area contributed by atoms with Crippen molar-refractivity contribution in [1.29, 1.82) is 0 Å². The number of halogens is 1. The van der Waals surface area contributed by atoms with Gasteiger partial charge in [-0.2, -0.15) is 4.98 Å². The van der Waals surface area contributed by atoms with E-state index in [1.807, 2.05) is 42.8 Å². The average molecular weight is 392 g/mol. The largest absolute Gasteiger partial charge is 0.495 e. The molecule has 0 unspecified atom stereocenters. The minimum atomic E-state index is -0.271. The van der Waals surface area contributed by atoms with Crippen LogP contribution in [0, 0.1) is 19.7 Å². The van der Waals surface area contributed by atoms with Gasteiger partial charge in [0, 0.05) is 24.5 Å². The molecule has 2 heterocycles. The molecule has 2 aromatic carbocycles. The van der Waals surface area contributed by atoms with Gasteiger partial charge in [0.1, 0.15) is 11.6 Å². The van der Waals surface area contributed by atoms with Gasteiger partial charge in [0.25, 0.3) is 0 Å². The first-order valence-corrected chi connectivity index (χ1v) is 9.08. The SMILES string of the molecule is COc1cc(-c2nc(Nc3ccc(F)cc3C)n(C)n2)ccc1-n1cnc(C)c1. The van der Waals surface area contributed by atoms with E-state index < -0.39 is 0 Å². The van der Waals surface area contributed by atoms with E-state index in [9.17, 15) is 4.39 Å². The van der Waals surface area contributed by atoms with Crippen molar-refractivity contribution in [2.75, 3.05) is 12.4 Å². The van der Waals surface area contributed by atoms with Crippen molar-refractivity contribution < 1.29 is 9.13 Å². The highest BCUT2D eigenvalue weighted by Crippen LogP contribution is 2.29. The molecule has 0 saturated heterocycles. The Balaban J connectivity index is 1.66. The second-order valence-electron chi connectivity index (χ2n) is 6.78. The fraction of sp³-hybridized carbons (Fsp3) is 0.190. The average Bonchev–Trinajstić information content (AvgIpc) is 3.29. The summed E-state index contributed by atoms with van der Waals surface area (Å²) >= 11 is 0. The number of methoxy groups -OCH3 is 1. The first-order valence-electron chi connectivity index (χ1n) is 9.08. The van der Waals surface area contributed by atoms with Crippen LogP contribution in [0.1, 0.15) is 11.3 Å². The highest BCUT2D eigenvalue weighted by Gasteiger charge is 2.14. The van der Waals surface area contributed by atoms with Crippen molar-refractivity contribution >= 4 is 11.6 Å². The molecule has 7 nitrogen and oxygen atoms in total. The lowest BCUT2D eigenvalue weighted by Crippen LogP contribution is -2.01. The third kappa shape index (κ3) is 3.69. The first-order chi connectivity index (χ1) is 13.9. The van der Waals surface area contributed by atoms with Crippen molar-refractivity contribution in [1.82, 2.24) is 24.3 Å². The molecule has 2 aromatic heterocycles. The minimum Gasteiger partial charge on any atom is -0.495 e. The van der Waals surface area contributed by atoms with Gasteiger partial charge in [0.2, 0.25) is 5.95 Å². The molecule has 4 rings (SSSR count). The van der Waals surface area contributed by atoms with Crippen LogP contribution in [0.4, 0.5) is 16.0 Å². The summed E-state index contributed by atoms with van der Waals surface area (Å²) in [5.41, 5.74) is 4.19. The minimum absolute atomic E-state index is 0.271. The molecule has 0 saturated carbocycles. The van der Waals surface area contributed by atoms with E-state index in [4.69, 9.17) is 4.74 Å². The topological polar surface area (TPSA) is 69.8 Å². The van der Waals surface area contributed by atoms with Crippen molar-refractivity contribution in [2.24, 2.45) is 7.05 Å². The Kier molecular flexibility index (Phi) is 4.75. The predicted molar refractivity (Wildman–Crippen MR) is 109 cm³/mol. The molecular weight excluding hydrogens is 371 g/mol. The number of ether oxygens (including phenoxy) is 1. The molecule has 148 valence electrons. The summed E-state index contributed by atoms with van der Waals surface area (Å²) in [5, 5.41) is 7.71. The number of aryl methyl sites for hydroxylation is 3. The summed E-state index contributed by atoms with van der Waals surface area (Å²) in [6.07, 6.45) is 3.68. The van der Waals surface area contributed by atoms with Crippen LogP contribution in [0.25, 0.3) is 17.1 Å². The van der Waals surface area contributed by atoms with Crippen LogP contribution in [0.2, 0.25) is 0 Å². The number of anilines is 2. The van der Waals surface area contributed by atoms with Crippen LogP contribution < -0.4 is 10.1 Å². The Bertz CT molecular complexity index is 1180. The van der Waals surface area contributed by atoms with E-state index in [-0.39, 0.29) is 5.82 Å². The van der Waals surface area contributed by atoms with E-state index in [2.05, 4.69) is 20.4 Å². The monoisotopic (exact) mass is 392 g/mol. The van der Waals surface area contributed by atoms with Gasteiger partial charge in [-0.05, 0) is 55.8 Å². The van der Waals surface area contributed by atoms with Crippen LogP contribution in [-0.4, -0.2) is 31.4 Å². The Labute approximate surface area is 167 Å². The zero-order valence-electron chi connectivity index (χ0n) is 16.6. The van der Waals surface area contributed by atoms with Crippen molar-refractivity contribution in [3.05, 3.63) is 66.0 Å². The second-order valence-corrected chi connectivity index (χ2v) is 6.78. The number of rotatable bonds is 5. The summed E-state index contributed by atoms with van der Waals surface area (Å²) in [7, 11) is 3.43. The number of nitrogens with one attached hydrogen (secondary N) is 1. The van der Waals surface area contributed by atoms with Crippen molar-refractivity contribution in [2.45, 2.75) is 13.8 Å². The number of imidazole rings is 1. The van der Waals surface area contributed by atoms with E-state index in [0.29, 0.717) is 17.5 Å². The Hall–Kier alpha value is -3.68. The molecule has 0 fully saturated rings. The van der Waals surface area contributed by atoms with Gasteiger partial charge < -0.3 is 14.6 Å². The molecular formula is C21H21FN6O. The normalized spacial score (nSPS) is 10.9. The number of hydrogen-bond acceptors (Lipinski definition) is 5. The van der Waals surface area contributed by atoms with E-state index in [1.165, 1.54) is 12.1 Å². The Morgan fingerprint density at radius 1 is 1.10 bits per heavy atom. The maximum Gasteiger partial charge on any atom is 0.225 e. The molecule has 0 atom stereocenters. The molecule has 0 amide bonds. The maximum atomic E-state index is 13.3. The number of aromatic nitrogens is 5. The number of benzene rings is 2. The summed E-state index contributed by atoms with van der Waals surface area (Å²) in [6.45, 7) is 3.77. The van der Waals surface area contributed by atoms with Crippen molar-refractivity contribution in [3.63, 3.8) is 0 Å². The van der Waals surface area contributed by atoms with Crippen LogP contribution in [0.3, 0.4) is 0 Å². The fourth-order valence-electron chi connectivity index (χ4n) is 3.09. The first kappa shape index (κ1) is 18.7. The van der Waals surface area contributed by atoms with Gasteiger partial charge in [-0.25, -0.2) is 14.1 Å². The third-order valence-corrected chi connectivity index (χ3v) is 4.63. The number of nitrogens with zero attached hydrogens (tertiary/aromatic N) is 5. The highest BCUT2D eigenvalue weighted by molar-refractivity contribution is 5.65. The lowest BCUT2D eigenvalue weighted by atomic mass is 10.1. The lowest BCUT2D eigenvalue weighted by molar-refractivity contribution is 0.413. The summed E-state index contributed by atoms with van der Waals surface area (Å²) < 4.78 is 22.5. The Morgan fingerprint density at radius 2 is 1.93 bits per heavy atom. The van der Waals surface area contributed by atoms with E-state index in [1.54, 1.807) is 31.2 Å². The molecule has 4 aromatic rings. The number of hydrogen-bond donors (Lipinski definition) is 1. The molecule has 0 aliphatic heterocycles. The van der Waals surface area contributed by atoms with Gasteiger partial charge in [0.05, 0.1) is 24.8 Å². The maximum absolute atomic E-state index is 13.3. The second kappa shape index (κ2) is 7.38. The molecule has 8 heteroatoms. The predicted octanol–water partition coefficient (Wildman–Crippen LogP) is 4.18. The molecule has 0 spiro atoms. The van der Waals surface area contributed by atoms with Crippen LogP contribution >= 0.6 is 0 Å². The molecule has 0 aliphatic carbocycles.